The van der Waals surface area contributed by atoms with E-state index in [0.29, 0.717) is 11.0 Å². The quantitative estimate of drug-likeness (QED) is 0.606. The molecule has 3 heteroatoms. The lowest BCUT2D eigenvalue weighted by molar-refractivity contribution is 0.403. The van der Waals surface area contributed by atoms with Crippen LogP contribution in [0.4, 0.5) is 4.48 Å². The molecule has 2 nitrogen and oxygen atoms in total. The summed E-state index contributed by atoms with van der Waals surface area (Å²) in [6, 6.07) is 9.36. The number of fused-ring (bicyclic) bond motifs is 3. The van der Waals surface area contributed by atoms with Gasteiger partial charge in [-0.2, -0.15) is 4.79 Å². The summed E-state index contributed by atoms with van der Waals surface area (Å²) in [7, 11) is 0. The maximum atomic E-state index is 14.1. The summed E-state index contributed by atoms with van der Waals surface area (Å²) < 4.78 is 14.1. The number of aromatic nitrogens is 2. The first-order chi connectivity index (χ1) is 7.83. The first kappa shape index (κ1) is 9.33. The molecule has 0 saturated heterocycles. The molecule has 3 aromatic rings. The topological polar surface area (TPSA) is 17.8 Å². The van der Waals surface area contributed by atoms with Gasteiger partial charge < -0.3 is 0 Å². The van der Waals surface area contributed by atoms with Gasteiger partial charge in [0.2, 0.25) is 0 Å². The molecule has 80 valence electrons. The van der Waals surface area contributed by atoms with E-state index >= 15 is 0 Å². The van der Waals surface area contributed by atoms with Crippen molar-refractivity contribution in [1.29, 1.82) is 0 Å². The number of hydrogen-bond acceptors (Lipinski definition) is 1. The van der Waals surface area contributed by atoms with Crippen molar-refractivity contribution in [2.75, 3.05) is 0 Å². The summed E-state index contributed by atoms with van der Waals surface area (Å²) in [6.45, 7) is 1.99. The summed E-state index contributed by atoms with van der Waals surface area (Å²) >= 11 is 0. The second kappa shape index (κ2) is 3.30. The molecule has 0 aliphatic rings. The Morgan fingerprint density at radius 1 is 1.19 bits per heavy atom. The Hall–Kier alpha value is -1.90. The highest BCUT2D eigenvalue weighted by Crippen LogP contribution is 2.30. The lowest BCUT2D eigenvalue weighted by atomic mass is 10.1. The van der Waals surface area contributed by atoms with Crippen molar-refractivity contribution in [2.24, 2.45) is 0 Å². The summed E-state index contributed by atoms with van der Waals surface area (Å²) in [5.74, 6) is 0. The fraction of sp³-hybridized carbons (Fsp3) is 0.154. The van der Waals surface area contributed by atoms with Crippen LogP contribution in [-0.4, -0.2) is 9.77 Å². The van der Waals surface area contributed by atoms with Crippen molar-refractivity contribution < 1.29 is 4.48 Å². The Kier molecular flexibility index (Phi) is 1.93. The number of hydrogen-bond donors (Lipinski definition) is 0. The van der Waals surface area contributed by atoms with Gasteiger partial charge in [-0.15, -0.1) is 0 Å². The fourth-order valence-electron chi connectivity index (χ4n) is 2.19. The Balaban J connectivity index is 2.61. The molecule has 2 heterocycles. The molecule has 0 N–H and O–H groups in total. The van der Waals surface area contributed by atoms with Gasteiger partial charge in [0.1, 0.15) is 5.52 Å². The molecule has 0 bridgehead atoms. The SMILES string of the molecule is CCc1nccc2c3ccccc3n(F)c12. The minimum atomic E-state index is 0.603. The average molecular weight is 214 g/mol. The van der Waals surface area contributed by atoms with Crippen LogP contribution < -0.4 is 0 Å². The van der Waals surface area contributed by atoms with E-state index in [1.165, 1.54) is 0 Å². The van der Waals surface area contributed by atoms with E-state index in [9.17, 15) is 4.48 Å². The predicted octanol–water partition coefficient (Wildman–Crippen LogP) is 3.48. The standard InChI is InChI=1S/C13H11FN2/c1-2-11-13-10(7-8-15-11)9-5-3-4-6-12(9)16(13)14/h3-8H,2H2,1H3. The second-order valence-electron chi connectivity index (χ2n) is 3.81. The molecular weight excluding hydrogens is 203 g/mol. The van der Waals surface area contributed by atoms with Crippen molar-refractivity contribution >= 4 is 21.8 Å². The van der Waals surface area contributed by atoms with E-state index in [-0.39, 0.29) is 0 Å². The molecule has 2 aromatic heterocycles. The van der Waals surface area contributed by atoms with Gasteiger partial charge >= 0.3 is 0 Å². The predicted molar refractivity (Wildman–Crippen MR) is 63.1 cm³/mol. The number of halogens is 1. The van der Waals surface area contributed by atoms with Crippen molar-refractivity contribution in [3.05, 3.63) is 42.2 Å². The first-order valence-electron chi connectivity index (χ1n) is 5.36. The van der Waals surface area contributed by atoms with Crippen LogP contribution in [0.5, 0.6) is 0 Å². The molecule has 1 aromatic carbocycles. The van der Waals surface area contributed by atoms with Crippen LogP contribution >= 0.6 is 0 Å². The highest BCUT2D eigenvalue weighted by molar-refractivity contribution is 6.08. The molecule has 0 fully saturated rings. The van der Waals surface area contributed by atoms with Crippen LogP contribution in [0.15, 0.2) is 36.5 Å². The minimum absolute atomic E-state index is 0.603. The van der Waals surface area contributed by atoms with Gasteiger partial charge in [-0.1, -0.05) is 29.6 Å². The zero-order valence-electron chi connectivity index (χ0n) is 8.94. The molecule has 0 amide bonds. The molecule has 0 aliphatic heterocycles. The van der Waals surface area contributed by atoms with E-state index in [1.54, 1.807) is 12.3 Å². The van der Waals surface area contributed by atoms with Crippen molar-refractivity contribution in [3.8, 4) is 0 Å². The normalized spacial score (nSPS) is 11.4. The van der Waals surface area contributed by atoms with E-state index in [0.717, 1.165) is 27.7 Å². The maximum Gasteiger partial charge on any atom is 0.104 e. The smallest absolute Gasteiger partial charge is 0.104 e. The van der Waals surface area contributed by atoms with E-state index in [4.69, 9.17) is 0 Å². The number of rotatable bonds is 1. The number of benzene rings is 1. The Morgan fingerprint density at radius 3 is 2.81 bits per heavy atom. The van der Waals surface area contributed by atoms with Gasteiger partial charge in [0.05, 0.1) is 11.2 Å². The first-order valence-corrected chi connectivity index (χ1v) is 5.36. The summed E-state index contributed by atoms with van der Waals surface area (Å²) in [5, 5.41) is 1.88. The van der Waals surface area contributed by atoms with Crippen LogP contribution in [0.25, 0.3) is 21.8 Å². The van der Waals surface area contributed by atoms with Gasteiger partial charge in [0.25, 0.3) is 0 Å². The molecule has 0 radical (unpaired) electrons. The van der Waals surface area contributed by atoms with Crippen molar-refractivity contribution in [1.82, 2.24) is 9.77 Å². The molecular formula is C13H11FN2. The molecule has 0 atom stereocenters. The van der Waals surface area contributed by atoms with Crippen molar-refractivity contribution in [3.63, 3.8) is 0 Å². The molecule has 3 rings (SSSR count). The molecule has 0 unspecified atom stereocenters. The Labute approximate surface area is 92.3 Å². The molecule has 0 spiro atoms. The highest BCUT2D eigenvalue weighted by Gasteiger charge is 2.12. The van der Waals surface area contributed by atoms with Gasteiger partial charge in [-0.3, -0.25) is 4.98 Å². The molecule has 0 saturated carbocycles. The third-order valence-corrected chi connectivity index (χ3v) is 2.94. The zero-order chi connectivity index (χ0) is 11.1. The Bertz CT molecular complexity index is 670. The minimum Gasteiger partial charge on any atom is -0.259 e. The molecule has 16 heavy (non-hydrogen) atoms. The Morgan fingerprint density at radius 2 is 2.00 bits per heavy atom. The van der Waals surface area contributed by atoms with Crippen LogP contribution in [0, 0.1) is 0 Å². The number of pyridine rings is 1. The third kappa shape index (κ3) is 1.08. The van der Waals surface area contributed by atoms with Crippen LogP contribution in [0.3, 0.4) is 0 Å². The largest absolute Gasteiger partial charge is 0.259 e. The maximum absolute atomic E-state index is 14.1. The lowest BCUT2D eigenvalue weighted by Crippen LogP contribution is -1.91. The van der Waals surface area contributed by atoms with Gasteiger partial charge in [0.15, 0.2) is 0 Å². The van der Waals surface area contributed by atoms with Crippen LogP contribution in [0.1, 0.15) is 12.6 Å². The van der Waals surface area contributed by atoms with Gasteiger partial charge in [-0.25, -0.2) is 0 Å². The van der Waals surface area contributed by atoms with Gasteiger partial charge in [-0.05, 0) is 18.6 Å². The van der Waals surface area contributed by atoms with Crippen LogP contribution in [0.2, 0.25) is 0 Å². The number of aryl methyl sites for hydroxylation is 1. The number of para-hydroxylation sites is 1. The lowest BCUT2D eigenvalue weighted by Gasteiger charge is -1.98. The summed E-state index contributed by atoms with van der Waals surface area (Å²) in [4.78, 5) is 4.97. The monoisotopic (exact) mass is 214 g/mol. The van der Waals surface area contributed by atoms with E-state index < -0.39 is 0 Å². The van der Waals surface area contributed by atoms with Crippen molar-refractivity contribution in [2.45, 2.75) is 13.3 Å². The van der Waals surface area contributed by atoms with Gasteiger partial charge in [0, 0.05) is 17.0 Å². The van der Waals surface area contributed by atoms with Crippen LogP contribution in [-0.2, 0) is 6.42 Å². The second-order valence-corrected chi connectivity index (χ2v) is 3.81. The third-order valence-electron chi connectivity index (χ3n) is 2.94. The van der Waals surface area contributed by atoms with E-state index in [1.807, 2.05) is 31.2 Å². The number of nitrogens with zero attached hydrogens (tertiary/aromatic N) is 2. The zero-order valence-corrected chi connectivity index (χ0v) is 8.94. The van der Waals surface area contributed by atoms with E-state index in [2.05, 4.69) is 4.98 Å². The fourth-order valence-corrected chi connectivity index (χ4v) is 2.19. The summed E-state index contributed by atoms with van der Waals surface area (Å²) in [5.41, 5.74) is 2.02. The summed E-state index contributed by atoms with van der Waals surface area (Å²) in [6.07, 6.45) is 2.48. The molecule has 0 aliphatic carbocycles. The average Bonchev–Trinajstić information content (AvgIpc) is 2.64. The highest BCUT2D eigenvalue weighted by atomic mass is 19.2.